The molecule has 3 heterocycles. The summed E-state index contributed by atoms with van der Waals surface area (Å²) in [6.45, 7) is 2.79. The second kappa shape index (κ2) is 6.22. The molecule has 0 spiro atoms. The van der Waals surface area contributed by atoms with Crippen LogP contribution in [0.15, 0.2) is 30.6 Å². The Morgan fingerprint density at radius 1 is 1.35 bits per heavy atom. The Hall–Kier alpha value is -2.05. The molecule has 2 aromatic rings. The fraction of sp³-hybridized carbons (Fsp3) is 0.471. The number of para-hydroxylation sites is 1. The van der Waals surface area contributed by atoms with E-state index in [4.69, 9.17) is 14.2 Å². The van der Waals surface area contributed by atoms with Crippen molar-refractivity contribution < 1.29 is 14.2 Å². The molecule has 6 nitrogen and oxygen atoms in total. The first-order valence-corrected chi connectivity index (χ1v) is 7.99. The second-order valence-corrected chi connectivity index (χ2v) is 6.07. The third kappa shape index (κ3) is 2.92. The lowest BCUT2D eigenvalue weighted by atomic mass is 9.97. The Labute approximate surface area is 135 Å². The fourth-order valence-corrected chi connectivity index (χ4v) is 3.32. The van der Waals surface area contributed by atoms with Crippen molar-refractivity contribution in [1.82, 2.24) is 15.1 Å². The number of nitrogens with one attached hydrogen (secondary N) is 1. The smallest absolute Gasteiger partial charge is 0.231 e. The van der Waals surface area contributed by atoms with Crippen molar-refractivity contribution in [2.45, 2.75) is 19.1 Å². The number of ether oxygens (including phenoxy) is 3. The summed E-state index contributed by atoms with van der Waals surface area (Å²) in [6.07, 6.45) is 5.15. The van der Waals surface area contributed by atoms with E-state index in [1.807, 2.05) is 36.3 Å². The maximum absolute atomic E-state index is 5.90. The molecule has 23 heavy (non-hydrogen) atoms. The summed E-state index contributed by atoms with van der Waals surface area (Å²) in [4.78, 5) is 0. The van der Waals surface area contributed by atoms with Gasteiger partial charge in [-0.3, -0.25) is 4.68 Å². The molecule has 0 amide bonds. The van der Waals surface area contributed by atoms with Crippen molar-refractivity contribution >= 4 is 0 Å². The van der Waals surface area contributed by atoms with Crippen LogP contribution in [0.3, 0.4) is 0 Å². The largest absolute Gasteiger partial charge is 0.454 e. The molecular formula is C17H21N3O3. The second-order valence-electron chi connectivity index (χ2n) is 6.07. The monoisotopic (exact) mass is 315 g/mol. The number of aryl methyl sites for hydroxylation is 1. The Bertz CT molecular complexity index is 685. The van der Waals surface area contributed by atoms with Crippen molar-refractivity contribution in [2.24, 2.45) is 13.0 Å². The molecule has 0 unspecified atom stereocenters. The number of hydrogen-bond acceptors (Lipinski definition) is 5. The van der Waals surface area contributed by atoms with Gasteiger partial charge in [0.05, 0.1) is 12.3 Å². The van der Waals surface area contributed by atoms with Crippen molar-refractivity contribution in [3.05, 3.63) is 41.7 Å². The van der Waals surface area contributed by atoms with Crippen LogP contribution >= 0.6 is 0 Å². The number of aromatic nitrogens is 2. The fourth-order valence-electron chi connectivity index (χ4n) is 3.32. The van der Waals surface area contributed by atoms with Crippen molar-refractivity contribution in [3.8, 4) is 11.5 Å². The van der Waals surface area contributed by atoms with E-state index in [1.165, 1.54) is 0 Å². The van der Waals surface area contributed by atoms with Crippen LogP contribution in [0.5, 0.6) is 11.5 Å². The van der Waals surface area contributed by atoms with Gasteiger partial charge in [-0.25, -0.2) is 0 Å². The Balaban J connectivity index is 1.37. The first kappa shape index (κ1) is 14.5. The van der Waals surface area contributed by atoms with Crippen LogP contribution in [0.1, 0.15) is 23.7 Å². The van der Waals surface area contributed by atoms with Gasteiger partial charge in [0.25, 0.3) is 0 Å². The molecule has 2 aliphatic rings. The number of fused-ring (bicyclic) bond motifs is 1. The molecule has 0 aliphatic carbocycles. The van der Waals surface area contributed by atoms with Gasteiger partial charge in [-0.05, 0) is 12.5 Å². The highest BCUT2D eigenvalue weighted by Gasteiger charge is 2.30. The molecule has 0 saturated carbocycles. The molecule has 1 saturated heterocycles. The van der Waals surface area contributed by atoms with E-state index in [-0.39, 0.29) is 6.10 Å². The predicted molar refractivity (Wildman–Crippen MR) is 84.3 cm³/mol. The number of hydrogen-bond donors (Lipinski definition) is 1. The highest BCUT2D eigenvalue weighted by Crippen LogP contribution is 2.36. The predicted octanol–water partition coefficient (Wildman–Crippen LogP) is 2.02. The zero-order valence-electron chi connectivity index (χ0n) is 13.2. The van der Waals surface area contributed by atoms with Gasteiger partial charge in [-0.1, -0.05) is 12.1 Å². The van der Waals surface area contributed by atoms with Gasteiger partial charge >= 0.3 is 0 Å². The van der Waals surface area contributed by atoms with Crippen LogP contribution in [0.2, 0.25) is 0 Å². The molecule has 122 valence electrons. The van der Waals surface area contributed by atoms with E-state index in [0.717, 1.165) is 48.7 Å². The first-order valence-electron chi connectivity index (χ1n) is 7.99. The molecule has 1 aromatic carbocycles. The maximum atomic E-state index is 5.90. The Kier molecular flexibility index (Phi) is 3.93. The van der Waals surface area contributed by atoms with Crippen molar-refractivity contribution in [3.63, 3.8) is 0 Å². The van der Waals surface area contributed by atoms with E-state index in [2.05, 4.69) is 16.5 Å². The average Bonchev–Trinajstić information content (AvgIpc) is 3.26. The lowest BCUT2D eigenvalue weighted by Crippen LogP contribution is -2.24. The summed E-state index contributed by atoms with van der Waals surface area (Å²) in [5, 5.41) is 7.79. The van der Waals surface area contributed by atoms with Crippen LogP contribution in [0.25, 0.3) is 0 Å². The third-order valence-electron chi connectivity index (χ3n) is 4.47. The number of benzene rings is 1. The summed E-state index contributed by atoms with van der Waals surface area (Å²) >= 11 is 0. The number of rotatable bonds is 5. The SMILES string of the molecule is Cn1cc([C@@H]2OCC[C@@H]2CNCc2cccc3c2OCO3)cn1. The Morgan fingerprint density at radius 3 is 3.17 bits per heavy atom. The van der Waals surface area contributed by atoms with Gasteiger partial charge in [0.1, 0.15) is 0 Å². The minimum Gasteiger partial charge on any atom is -0.454 e. The van der Waals surface area contributed by atoms with Crippen molar-refractivity contribution in [1.29, 1.82) is 0 Å². The summed E-state index contributed by atoms with van der Waals surface area (Å²) in [5.41, 5.74) is 2.30. The lowest BCUT2D eigenvalue weighted by Gasteiger charge is -2.18. The van der Waals surface area contributed by atoms with Crippen LogP contribution in [0, 0.1) is 5.92 Å². The zero-order valence-corrected chi connectivity index (χ0v) is 13.2. The topological polar surface area (TPSA) is 57.5 Å². The van der Waals surface area contributed by atoms with Crippen LogP contribution in [-0.2, 0) is 18.3 Å². The summed E-state index contributed by atoms with van der Waals surface area (Å²) in [6, 6.07) is 6.01. The molecule has 1 fully saturated rings. The van der Waals surface area contributed by atoms with Gasteiger partial charge in [-0.15, -0.1) is 0 Å². The van der Waals surface area contributed by atoms with E-state index < -0.39 is 0 Å². The summed E-state index contributed by atoms with van der Waals surface area (Å²) < 4.78 is 18.7. The summed E-state index contributed by atoms with van der Waals surface area (Å²) in [5.74, 6) is 2.17. The molecule has 6 heteroatoms. The van der Waals surface area contributed by atoms with Gasteiger partial charge in [0.2, 0.25) is 6.79 Å². The van der Waals surface area contributed by atoms with Gasteiger partial charge in [0.15, 0.2) is 11.5 Å². The van der Waals surface area contributed by atoms with Gasteiger partial charge in [0, 0.05) is 50.0 Å². The van der Waals surface area contributed by atoms with E-state index in [0.29, 0.717) is 12.7 Å². The minimum absolute atomic E-state index is 0.136. The molecule has 1 N–H and O–H groups in total. The van der Waals surface area contributed by atoms with Gasteiger partial charge in [-0.2, -0.15) is 5.10 Å². The quantitative estimate of drug-likeness (QED) is 0.915. The standard InChI is InChI=1S/C17H21N3O3/c1-20-10-14(9-19-20)16-13(5-6-21-16)8-18-7-12-3-2-4-15-17(12)23-11-22-15/h2-4,9-10,13,16,18H,5-8,11H2,1H3/t13-,16-/m1/s1. The molecule has 2 aliphatic heterocycles. The molecular weight excluding hydrogens is 294 g/mol. The molecule has 4 rings (SSSR count). The molecule has 0 radical (unpaired) electrons. The number of nitrogens with zero attached hydrogens (tertiary/aromatic N) is 2. The third-order valence-corrected chi connectivity index (χ3v) is 4.47. The van der Waals surface area contributed by atoms with Crippen molar-refractivity contribution in [2.75, 3.05) is 19.9 Å². The normalized spacial score (nSPS) is 22.7. The van der Waals surface area contributed by atoms with E-state index in [9.17, 15) is 0 Å². The highest BCUT2D eigenvalue weighted by atomic mass is 16.7. The maximum Gasteiger partial charge on any atom is 0.231 e. The first-order chi connectivity index (χ1) is 11.3. The summed E-state index contributed by atoms with van der Waals surface area (Å²) in [7, 11) is 1.93. The van der Waals surface area contributed by atoms with Crippen LogP contribution in [0.4, 0.5) is 0 Å². The minimum atomic E-state index is 0.136. The zero-order chi connectivity index (χ0) is 15.6. The molecule has 2 atom stereocenters. The van der Waals surface area contributed by atoms with E-state index >= 15 is 0 Å². The highest BCUT2D eigenvalue weighted by molar-refractivity contribution is 5.48. The average molecular weight is 315 g/mol. The van der Waals surface area contributed by atoms with Crippen LogP contribution in [-0.4, -0.2) is 29.7 Å². The van der Waals surface area contributed by atoms with Gasteiger partial charge < -0.3 is 19.5 Å². The molecule has 0 bridgehead atoms. The Morgan fingerprint density at radius 2 is 2.30 bits per heavy atom. The van der Waals surface area contributed by atoms with E-state index in [1.54, 1.807) is 0 Å². The lowest BCUT2D eigenvalue weighted by molar-refractivity contribution is 0.0904. The molecule has 1 aromatic heterocycles. The van der Waals surface area contributed by atoms with Crippen LogP contribution < -0.4 is 14.8 Å².